The second kappa shape index (κ2) is 11.1. The van der Waals surface area contributed by atoms with Crippen molar-refractivity contribution in [3.8, 4) is 0 Å². The maximum absolute atomic E-state index is 9.53. The number of aliphatic hydroxyl groups excluding tert-OH is 1. The van der Waals surface area contributed by atoms with Gasteiger partial charge in [0.15, 0.2) is 5.79 Å². The summed E-state index contributed by atoms with van der Waals surface area (Å²) >= 11 is 0. The van der Waals surface area contributed by atoms with E-state index in [2.05, 4.69) is 11.8 Å². The highest BCUT2D eigenvalue weighted by molar-refractivity contribution is 5.62. The van der Waals surface area contributed by atoms with Crippen LogP contribution in [-0.2, 0) is 14.3 Å². The maximum Gasteiger partial charge on any atom is 0.300 e. The molecule has 0 spiro atoms. The van der Waals surface area contributed by atoms with E-state index in [0.29, 0.717) is 0 Å². The van der Waals surface area contributed by atoms with Crippen LogP contribution in [0.2, 0.25) is 0 Å². The van der Waals surface area contributed by atoms with Crippen LogP contribution in [0.4, 0.5) is 0 Å². The van der Waals surface area contributed by atoms with Crippen LogP contribution in [-0.4, -0.2) is 58.9 Å². The van der Waals surface area contributed by atoms with Gasteiger partial charge in [0.05, 0.1) is 0 Å². The van der Waals surface area contributed by atoms with Gasteiger partial charge in [-0.3, -0.25) is 9.69 Å². The highest BCUT2D eigenvalue weighted by atomic mass is 16.8. The molecule has 0 bridgehead atoms. The number of hydrogen-bond donors (Lipinski definition) is 2. The molecule has 0 saturated carbocycles. The van der Waals surface area contributed by atoms with Gasteiger partial charge in [0.2, 0.25) is 0 Å². The molecule has 25 heavy (non-hydrogen) atoms. The number of hydrogen-bond acceptors (Lipinski definition) is 5. The first-order valence-corrected chi connectivity index (χ1v) is 9.70. The first kappa shape index (κ1) is 22.4. The van der Waals surface area contributed by atoms with Gasteiger partial charge in [-0.25, -0.2) is 0 Å². The molecule has 6 nitrogen and oxygen atoms in total. The lowest BCUT2D eigenvalue weighted by atomic mass is 10.1. The van der Waals surface area contributed by atoms with Crippen LogP contribution in [0.3, 0.4) is 0 Å². The minimum absolute atomic E-state index is 0.0366. The lowest BCUT2D eigenvalue weighted by Gasteiger charge is -2.25. The van der Waals surface area contributed by atoms with E-state index in [1.807, 2.05) is 13.8 Å². The molecule has 0 radical (unpaired) electrons. The Balaban J connectivity index is 0.000000705. The number of unbranched alkanes of at least 4 members (excludes halogenated alkanes) is 6. The molecule has 2 rings (SSSR count). The van der Waals surface area contributed by atoms with Crippen molar-refractivity contribution in [2.45, 2.75) is 90.8 Å². The number of carboxylic acids is 1. The molecule has 2 fully saturated rings. The number of rotatable bonds is 9. The van der Waals surface area contributed by atoms with E-state index in [1.165, 1.54) is 44.9 Å². The fourth-order valence-electron chi connectivity index (χ4n) is 3.54. The van der Waals surface area contributed by atoms with Crippen LogP contribution in [0.5, 0.6) is 0 Å². The van der Waals surface area contributed by atoms with E-state index >= 15 is 0 Å². The summed E-state index contributed by atoms with van der Waals surface area (Å²) in [5, 5.41) is 16.9. The molecule has 0 amide bonds. The number of carboxylic acid groups (broad SMARTS) is 1. The van der Waals surface area contributed by atoms with Crippen molar-refractivity contribution in [3.05, 3.63) is 0 Å². The Morgan fingerprint density at radius 3 is 2.24 bits per heavy atom. The Morgan fingerprint density at radius 2 is 1.68 bits per heavy atom. The molecule has 0 unspecified atom stereocenters. The van der Waals surface area contributed by atoms with Crippen LogP contribution in [0.15, 0.2) is 0 Å². The molecular formula is C19H37NO5. The molecular weight excluding hydrogens is 322 g/mol. The molecule has 2 N–H and O–H groups in total. The Bertz CT molecular complexity index is 384. The lowest BCUT2D eigenvalue weighted by Crippen LogP contribution is -2.35. The zero-order chi connectivity index (χ0) is 18.9. The molecule has 2 saturated heterocycles. The zero-order valence-corrected chi connectivity index (χ0v) is 16.4. The molecule has 2 aliphatic heterocycles. The average molecular weight is 360 g/mol. The summed E-state index contributed by atoms with van der Waals surface area (Å²) in [4.78, 5) is 11.4. The third kappa shape index (κ3) is 8.03. The molecule has 6 heteroatoms. The third-order valence-electron chi connectivity index (χ3n) is 4.68. The van der Waals surface area contributed by atoms with Gasteiger partial charge >= 0.3 is 0 Å². The summed E-state index contributed by atoms with van der Waals surface area (Å²) < 4.78 is 12.0. The topological polar surface area (TPSA) is 79.2 Å². The van der Waals surface area contributed by atoms with Crippen LogP contribution >= 0.6 is 0 Å². The first-order valence-electron chi connectivity index (χ1n) is 9.70. The first-order chi connectivity index (χ1) is 11.8. The Kier molecular flexibility index (Phi) is 9.94. The molecule has 0 aromatic rings. The SMILES string of the molecule is CC(=O)O.CCCCCCCCCN1C[C@@H](CO)[C@@H]2OC(C)(C)O[C@H]21. The van der Waals surface area contributed by atoms with E-state index in [4.69, 9.17) is 19.4 Å². The van der Waals surface area contributed by atoms with Gasteiger partial charge in [0, 0.05) is 32.5 Å². The molecule has 0 aliphatic carbocycles. The van der Waals surface area contributed by atoms with Crippen LogP contribution < -0.4 is 0 Å². The van der Waals surface area contributed by atoms with Gasteiger partial charge in [-0.15, -0.1) is 0 Å². The molecule has 0 aromatic carbocycles. The number of fused-ring (bicyclic) bond motifs is 1. The van der Waals surface area contributed by atoms with E-state index in [0.717, 1.165) is 20.0 Å². The molecule has 2 heterocycles. The molecule has 148 valence electrons. The quantitative estimate of drug-likeness (QED) is 0.615. The smallest absolute Gasteiger partial charge is 0.300 e. The van der Waals surface area contributed by atoms with Crippen LogP contribution in [0.1, 0.15) is 72.6 Å². The van der Waals surface area contributed by atoms with E-state index in [1.54, 1.807) is 0 Å². The van der Waals surface area contributed by atoms with Crippen molar-refractivity contribution < 1.29 is 24.5 Å². The summed E-state index contributed by atoms with van der Waals surface area (Å²) in [5.74, 6) is -1.15. The Hall–Kier alpha value is -0.690. The highest BCUT2D eigenvalue weighted by Crippen LogP contribution is 2.39. The monoisotopic (exact) mass is 359 g/mol. The summed E-state index contributed by atoms with van der Waals surface area (Å²) in [6.45, 7) is 9.42. The van der Waals surface area contributed by atoms with Gasteiger partial charge in [-0.05, 0) is 20.3 Å². The van der Waals surface area contributed by atoms with Crippen molar-refractivity contribution in [1.82, 2.24) is 4.90 Å². The maximum atomic E-state index is 9.53. The summed E-state index contributed by atoms with van der Waals surface area (Å²) in [6.07, 6.45) is 9.36. The lowest BCUT2D eigenvalue weighted by molar-refractivity contribution is -0.173. The van der Waals surface area contributed by atoms with Crippen LogP contribution in [0.25, 0.3) is 0 Å². The van der Waals surface area contributed by atoms with Gasteiger partial charge in [-0.2, -0.15) is 0 Å². The van der Waals surface area contributed by atoms with Crippen LogP contribution in [0, 0.1) is 5.92 Å². The van der Waals surface area contributed by atoms with Crippen molar-refractivity contribution in [2.24, 2.45) is 5.92 Å². The predicted molar refractivity (Wildman–Crippen MR) is 97.3 cm³/mol. The summed E-state index contributed by atoms with van der Waals surface area (Å²) in [5.41, 5.74) is 0. The van der Waals surface area contributed by atoms with Gasteiger partial charge in [-0.1, -0.05) is 45.4 Å². The summed E-state index contributed by atoms with van der Waals surface area (Å²) in [7, 11) is 0. The van der Waals surface area contributed by atoms with E-state index < -0.39 is 11.8 Å². The highest BCUT2D eigenvalue weighted by Gasteiger charge is 2.52. The van der Waals surface area contributed by atoms with Crippen molar-refractivity contribution in [2.75, 3.05) is 19.7 Å². The summed E-state index contributed by atoms with van der Waals surface area (Å²) in [6, 6.07) is 0. The fraction of sp³-hybridized carbons (Fsp3) is 0.947. The Morgan fingerprint density at radius 1 is 1.12 bits per heavy atom. The van der Waals surface area contributed by atoms with Crippen molar-refractivity contribution in [1.29, 1.82) is 0 Å². The van der Waals surface area contributed by atoms with Crippen molar-refractivity contribution >= 4 is 5.97 Å². The van der Waals surface area contributed by atoms with Crippen molar-refractivity contribution in [3.63, 3.8) is 0 Å². The molecule has 0 aromatic heterocycles. The third-order valence-corrected chi connectivity index (χ3v) is 4.68. The van der Waals surface area contributed by atoms with Gasteiger partial charge < -0.3 is 19.7 Å². The number of ether oxygens (including phenoxy) is 2. The minimum Gasteiger partial charge on any atom is -0.481 e. The second-order valence-corrected chi connectivity index (χ2v) is 7.57. The normalized spacial score (nSPS) is 27.6. The molecule has 3 atom stereocenters. The number of nitrogens with zero attached hydrogens (tertiary/aromatic N) is 1. The minimum atomic E-state index is -0.833. The van der Waals surface area contributed by atoms with Gasteiger partial charge in [0.25, 0.3) is 5.97 Å². The zero-order valence-electron chi connectivity index (χ0n) is 16.4. The largest absolute Gasteiger partial charge is 0.481 e. The average Bonchev–Trinajstić information content (AvgIpc) is 2.99. The Labute approximate surface area is 152 Å². The van der Waals surface area contributed by atoms with Gasteiger partial charge in [0.1, 0.15) is 12.3 Å². The number of carbonyl (C=O) groups is 1. The van der Waals surface area contributed by atoms with E-state index in [-0.39, 0.29) is 24.9 Å². The number of aliphatic hydroxyl groups is 1. The fourth-order valence-corrected chi connectivity index (χ4v) is 3.54. The number of likely N-dealkylation sites (tertiary alicyclic amines) is 1. The second-order valence-electron chi connectivity index (χ2n) is 7.57. The standard InChI is InChI=1S/C17H33NO3.C2H4O2/c1-4-5-6-7-8-9-10-11-18-12-14(13-19)15-16(18)21-17(2,3)20-15;1-2(3)4/h14-16,19H,4-13H2,1-3H3;1H3,(H,3,4)/t14-,15-,16+;/m0./s1. The number of aliphatic carboxylic acids is 1. The van der Waals surface area contributed by atoms with E-state index in [9.17, 15) is 5.11 Å². The predicted octanol–water partition coefficient (Wildman–Crippen LogP) is 3.23. The molecule has 2 aliphatic rings.